The van der Waals surface area contributed by atoms with E-state index in [0.717, 1.165) is 11.3 Å². The first-order valence-electron chi connectivity index (χ1n) is 9.67. The summed E-state index contributed by atoms with van der Waals surface area (Å²) in [5.41, 5.74) is 0.480. The first-order chi connectivity index (χ1) is 13.6. The van der Waals surface area contributed by atoms with Crippen LogP contribution in [-0.2, 0) is 19.7 Å². The summed E-state index contributed by atoms with van der Waals surface area (Å²) >= 11 is 0. The summed E-state index contributed by atoms with van der Waals surface area (Å²) in [4.78, 5) is 33.2. The first kappa shape index (κ1) is 22.3. The second-order valence-corrected chi connectivity index (χ2v) is 8.11. The van der Waals surface area contributed by atoms with Crippen molar-refractivity contribution in [3.05, 3.63) is 47.9 Å². The van der Waals surface area contributed by atoms with E-state index in [1.165, 1.54) is 6.20 Å². The maximum atomic E-state index is 13.1. The number of rotatable bonds is 8. The number of aryl methyl sites for hydroxylation is 1. The van der Waals surface area contributed by atoms with Gasteiger partial charge in [0.1, 0.15) is 16.8 Å². The number of aliphatic carboxylic acids is 1. The zero-order valence-electron chi connectivity index (χ0n) is 17.7. The van der Waals surface area contributed by atoms with Crippen LogP contribution in [0.5, 0.6) is 0 Å². The Labute approximate surface area is 171 Å². The maximum Gasteiger partial charge on any atom is 0.318 e. The highest BCUT2D eigenvalue weighted by Gasteiger charge is 2.43. The lowest BCUT2D eigenvalue weighted by molar-refractivity contribution is -0.163. The number of nitrogens with one attached hydrogen (secondary N) is 1. The molecule has 0 aliphatic heterocycles. The molecule has 2 N–H and O–H groups in total. The number of anilines is 2. The molecule has 1 atom stereocenters. The minimum absolute atomic E-state index is 0.0798. The van der Waals surface area contributed by atoms with Crippen LogP contribution in [0.3, 0.4) is 0 Å². The van der Waals surface area contributed by atoms with E-state index in [0.29, 0.717) is 17.9 Å². The van der Waals surface area contributed by atoms with Crippen molar-refractivity contribution in [2.75, 3.05) is 5.32 Å². The predicted octanol–water partition coefficient (Wildman–Crippen LogP) is 4.38. The Morgan fingerprint density at radius 1 is 1.14 bits per heavy atom. The van der Waals surface area contributed by atoms with E-state index in [2.05, 4.69) is 15.3 Å². The fourth-order valence-electron chi connectivity index (χ4n) is 2.97. The summed E-state index contributed by atoms with van der Waals surface area (Å²) in [7, 11) is 0. The highest BCUT2D eigenvalue weighted by molar-refractivity contribution is 5.84. The van der Waals surface area contributed by atoms with Crippen molar-refractivity contribution in [1.29, 1.82) is 0 Å². The van der Waals surface area contributed by atoms with Gasteiger partial charge in [-0.1, -0.05) is 24.6 Å². The van der Waals surface area contributed by atoms with Gasteiger partial charge in [-0.05, 0) is 52.7 Å². The van der Waals surface area contributed by atoms with Gasteiger partial charge in [0.2, 0.25) is 0 Å². The van der Waals surface area contributed by atoms with Crippen LogP contribution in [0.2, 0.25) is 0 Å². The first-order valence-corrected chi connectivity index (χ1v) is 9.67. The summed E-state index contributed by atoms with van der Waals surface area (Å²) in [5.74, 6) is -0.994. The normalized spacial score (nSPS) is 13.4. The summed E-state index contributed by atoms with van der Waals surface area (Å²) < 4.78 is 5.63. The molecule has 2 aromatic rings. The van der Waals surface area contributed by atoms with E-state index in [4.69, 9.17) is 4.74 Å². The molecule has 0 fully saturated rings. The van der Waals surface area contributed by atoms with E-state index in [9.17, 15) is 14.7 Å². The molecule has 0 aliphatic rings. The molecule has 156 valence electrons. The molecule has 0 saturated carbocycles. The number of hydrogen-bond acceptors (Lipinski definition) is 6. The van der Waals surface area contributed by atoms with Crippen molar-refractivity contribution in [2.45, 2.75) is 64.9 Å². The number of carbonyl (C=O) groups excluding carboxylic acids is 1. The molecule has 0 aliphatic carbocycles. The molecule has 1 heterocycles. The van der Waals surface area contributed by atoms with Crippen LogP contribution >= 0.6 is 0 Å². The fraction of sp³-hybridized carbons (Fsp3) is 0.455. The molecular formula is C22H29N3O4. The molecule has 0 bridgehead atoms. The van der Waals surface area contributed by atoms with Gasteiger partial charge in [-0.2, -0.15) is 0 Å². The molecule has 7 nitrogen and oxygen atoms in total. The van der Waals surface area contributed by atoms with Gasteiger partial charge in [0.15, 0.2) is 0 Å². The number of carbonyl (C=O) groups is 2. The summed E-state index contributed by atoms with van der Waals surface area (Å²) in [6.07, 6.45) is 3.32. The zero-order valence-corrected chi connectivity index (χ0v) is 17.7. The van der Waals surface area contributed by atoms with E-state index < -0.39 is 23.0 Å². The molecule has 1 aromatic heterocycles. The number of benzene rings is 1. The van der Waals surface area contributed by atoms with Crippen LogP contribution in [0, 0.1) is 6.92 Å². The number of esters is 1. The van der Waals surface area contributed by atoms with Crippen LogP contribution in [0.4, 0.5) is 11.5 Å². The maximum absolute atomic E-state index is 13.1. The Balaban J connectivity index is 2.42. The lowest BCUT2D eigenvalue weighted by Crippen LogP contribution is -2.42. The van der Waals surface area contributed by atoms with Gasteiger partial charge in [0.05, 0.1) is 11.9 Å². The van der Waals surface area contributed by atoms with Crippen molar-refractivity contribution < 1.29 is 19.4 Å². The summed E-state index contributed by atoms with van der Waals surface area (Å²) in [6, 6.07) is 7.80. The summed E-state index contributed by atoms with van der Waals surface area (Å²) in [6.45, 7) is 9.17. The van der Waals surface area contributed by atoms with Crippen molar-refractivity contribution in [1.82, 2.24) is 9.97 Å². The SMILES string of the molecule is CCC(CCC(=O)O)(C(=O)OC(C)(C)C)c1cncc(Nc2ccc(C)cc2)n1. The highest BCUT2D eigenvalue weighted by atomic mass is 16.6. The van der Waals surface area contributed by atoms with Crippen LogP contribution in [-0.4, -0.2) is 32.6 Å². The Morgan fingerprint density at radius 3 is 2.34 bits per heavy atom. The number of nitrogens with zero attached hydrogens (tertiary/aromatic N) is 2. The monoisotopic (exact) mass is 399 g/mol. The Bertz CT molecular complexity index is 859. The van der Waals surface area contributed by atoms with Gasteiger partial charge in [-0.25, -0.2) is 4.98 Å². The molecule has 0 amide bonds. The van der Waals surface area contributed by atoms with Crippen molar-refractivity contribution in [2.24, 2.45) is 0 Å². The number of aromatic nitrogens is 2. The Kier molecular flexibility index (Phi) is 6.95. The molecule has 0 spiro atoms. The average molecular weight is 399 g/mol. The average Bonchev–Trinajstić information content (AvgIpc) is 2.63. The minimum atomic E-state index is -1.19. The summed E-state index contributed by atoms with van der Waals surface area (Å²) in [5, 5.41) is 12.4. The predicted molar refractivity (Wildman–Crippen MR) is 111 cm³/mol. The zero-order chi connectivity index (χ0) is 21.7. The second kappa shape index (κ2) is 9.03. The molecule has 2 rings (SSSR count). The van der Waals surface area contributed by atoms with E-state index >= 15 is 0 Å². The third kappa shape index (κ3) is 6.01. The fourth-order valence-corrected chi connectivity index (χ4v) is 2.97. The molecular weight excluding hydrogens is 370 g/mol. The van der Waals surface area contributed by atoms with Gasteiger partial charge in [-0.3, -0.25) is 14.6 Å². The third-order valence-corrected chi connectivity index (χ3v) is 4.61. The van der Waals surface area contributed by atoms with Crippen LogP contribution in [0.25, 0.3) is 0 Å². The van der Waals surface area contributed by atoms with E-state index in [-0.39, 0.29) is 12.8 Å². The van der Waals surface area contributed by atoms with E-state index in [1.807, 2.05) is 38.1 Å². The minimum Gasteiger partial charge on any atom is -0.481 e. The number of carboxylic acid groups (broad SMARTS) is 1. The van der Waals surface area contributed by atoms with E-state index in [1.54, 1.807) is 27.0 Å². The van der Waals surface area contributed by atoms with Gasteiger partial charge in [0, 0.05) is 18.3 Å². The number of carboxylic acids is 1. The smallest absolute Gasteiger partial charge is 0.318 e. The molecule has 1 unspecified atom stereocenters. The molecule has 7 heteroatoms. The van der Waals surface area contributed by atoms with Gasteiger partial charge in [0.25, 0.3) is 0 Å². The van der Waals surface area contributed by atoms with Crippen LogP contribution in [0.1, 0.15) is 58.2 Å². The topological polar surface area (TPSA) is 101 Å². The van der Waals surface area contributed by atoms with Crippen molar-refractivity contribution in [3.63, 3.8) is 0 Å². The van der Waals surface area contributed by atoms with Crippen molar-refractivity contribution in [3.8, 4) is 0 Å². The highest BCUT2D eigenvalue weighted by Crippen LogP contribution is 2.35. The van der Waals surface area contributed by atoms with Gasteiger partial charge in [-0.15, -0.1) is 0 Å². The Hall–Kier alpha value is -2.96. The molecule has 0 saturated heterocycles. The molecule has 29 heavy (non-hydrogen) atoms. The number of hydrogen-bond donors (Lipinski definition) is 2. The molecule has 1 aromatic carbocycles. The standard InChI is InChI=1S/C22H29N3O4/c1-6-22(12-11-19(26)27,20(28)29-21(3,4)5)17-13-23-14-18(25-17)24-16-9-7-15(2)8-10-16/h7-10,13-14H,6,11-12H2,1-5H3,(H,24,25)(H,26,27). The van der Waals surface area contributed by atoms with Crippen LogP contribution in [0.15, 0.2) is 36.7 Å². The second-order valence-electron chi connectivity index (χ2n) is 8.11. The van der Waals surface area contributed by atoms with Crippen molar-refractivity contribution >= 4 is 23.4 Å². The Morgan fingerprint density at radius 2 is 1.79 bits per heavy atom. The van der Waals surface area contributed by atoms with Crippen LogP contribution < -0.4 is 5.32 Å². The number of ether oxygens (including phenoxy) is 1. The van der Waals surface area contributed by atoms with Gasteiger partial charge < -0.3 is 15.2 Å². The lowest BCUT2D eigenvalue weighted by atomic mass is 9.77. The lowest BCUT2D eigenvalue weighted by Gasteiger charge is -2.33. The molecule has 0 radical (unpaired) electrons. The largest absolute Gasteiger partial charge is 0.481 e. The van der Waals surface area contributed by atoms with Gasteiger partial charge >= 0.3 is 11.9 Å². The quantitative estimate of drug-likeness (QED) is 0.635. The third-order valence-electron chi connectivity index (χ3n) is 4.61.